The molecule has 0 aromatic heterocycles. The fourth-order valence-electron chi connectivity index (χ4n) is 4.76. The minimum Gasteiger partial charge on any atom is -0.494 e. The lowest BCUT2D eigenvalue weighted by atomic mass is 9.78. The molecule has 1 aliphatic rings. The summed E-state index contributed by atoms with van der Waals surface area (Å²) in [7, 11) is 0. The lowest BCUT2D eigenvalue weighted by Crippen LogP contribution is -2.15. The third-order valence-corrected chi connectivity index (χ3v) is 6.90. The Balaban J connectivity index is 1.50. The van der Waals surface area contributed by atoms with Crippen molar-refractivity contribution in [2.45, 2.75) is 84.5 Å². The minimum absolute atomic E-state index is 0.248. The molecular formula is C29H38F2O3. The average molecular weight is 473 g/mol. The van der Waals surface area contributed by atoms with Crippen LogP contribution < -0.4 is 9.47 Å². The number of hydrogen-bond acceptors (Lipinski definition) is 3. The van der Waals surface area contributed by atoms with Crippen LogP contribution in [0.15, 0.2) is 36.4 Å². The molecule has 3 rings (SSSR count). The molecule has 0 aliphatic heterocycles. The molecule has 0 unspecified atom stereocenters. The molecule has 1 saturated carbocycles. The van der Waals surface area contributed by atoms with Gasteiger partial charge in [-0.1, -0.05) is 71.3 Å². The summed E-state index contributed by atoms with van der Waals surface area (Å²) in [5.74, 6) is -1.08. The highest BCUT2D eigenvalue weighted by Crippen LogP contribution is 2.35. The van der Waals surface area contributed by atoms with E-state index in [1.807, 2.05) is 6.92 Å². The second-order valence-electron chi connectivity index (χ2n) is 9.53. The first kappa shape index (κ1) is 26.2. The molecule has 1 fully saturated rings. The Bertz CT molecular complexity index is 902. The highest BCUT2D eigenvalue weighted by Gasteiger charge is 2.22. The topological polar surface area (TPSA) is 35.5 Å². The van der Waals surface area contributed by atoms with Crippen LogP contribution >= 0.6 is 0 Å². The zero-order chi connectivity index (χ0) is 24.3. The summed E-state index contributed by atoms with van der Waals surface area (Å²) in [5.41, 5.74) is 0.595. The van der Waals surface area contributed by atoms with Gasteiger partial charge in [0.1, 0.15) is 5.75 Å². The maximum atomic E-state index is 14.7. The minimum atomic E-state index is -1.10. The highest BCUT2D eigenvalue weighted by molar-refractivity contribution is 5.91. The summed E-state index contributed by atoms with van der Waals surface area (Å²) >= 11 is 0. The first-order chi connectivity index (χ1) is 16.5. The van der Waals surface area contributed by atoms with E-state index >= 15 is 0 Å². The molecule has 0 heterocycles. The van der Waals surface area contributed by atoms with E-state index in [1.54, 1.807) is 30.3 Å². The molecule has 0 N–H and O–H groups in total. The highest BCUT2D eigenvalue weighted by atomic mass is 19.2. The fraction of sp³-hybridized carbons (Fsp3) is 0.552. The van der Waals surface area contributed by atoms with Crippen molar-refractivity contribution >= 4 is 5.97 Å². The molecule has 0 spiro atoms. The molecule has 1 aliphatic carbocycles. The van der Waals surface area contributed by atoms with E-state index in [1.165, 1.54) is 57.4 Å². The van der Waals surface area contributed by atoms with Crippen LogP contribution in [0.3, 0.4) is 0 Å². The van der Waals surface area contributed by atoms with Crippen molar-refractivity contribution in [1.29, 1.82) is 0 Å². The number of hydrogen-bond donors (Lipinski definition) is 0. The van der Waals surface area contributed by atoms with E-state index in [-0.39, 0.29) is 11.3 Å². The van der Waals surface area contributed by atoms with Crippen LogP contribution in [0.5, 0.6) is 11.5 Å². The normalized spacial score (nSPS) is 18.0. The lowest BCUT2D eigenvalue weighted by Gasteiger charge is -2.28. The molecule has 3 nitrogen and oxygen atoms in total. The zero-order valence-electron chi connectivity index (χ0n) is 20.6. The van der Waals surface area contributed by atoms with Gasteiger partial charge in [0.25, 0.3) is 0 Å². The molecule has 186 valence electrons. The van der Waals surface area contributed by atoms with Crippen molar-refractivity contribution in [1.82, 2.24) is 0 Å². The molecule has 0 radical (unpaired) electrons. The van der Waals surface area contributed by atoms with E-state index in [0.717, 1.165) is 18.8 Å². The number of benzene rings is 2. The summed E-state index contributed by atoms with van der Waals surface area (Å²) in [5, 5.41) is 0. The van der Waals surface area contributed by atoms with Gasteiger partial charge in [0.15, 0.2) is 11.6 Å². The van der Waals surface area contributed by atoms with Gasteiger partial charge < -0.3 is 9.47 Å². The predicted octanol–water partition coefficient (Wildman–Crippen LogP) is 8.29. The smallest absolute Gasteiger partial charge is 0.343 e. The molecule has 2 aromatic carbocycles. The molecule has 2 aromatic rings. The Morgan fingerprint density at radius 1 is 0.853 bits per heavy atom. The number of esters is 1. The maximum absolute atomic E-state index is 14.7. The van der Waals surface area contributed by atoms with Crippen molar-refractivity contribution in [2.24, 2.45) is 11.8 Å². The van der Waals surface area contributed by atoms with Crippen molar-refractivity contribution in [2.75, 3.05) is 6.61 Å². The van der Waals surface area contributed by atoms with E-state index < -0.39 is 17.6 Å². The largest absolute Gasteiger partial charge is 0.494 e. The van der Waals surface area contributed by atoms with Crippen LogP contribution in [0.25, 0.3) is 0 Å². The van der Waals surface area contributed by atoms with Gasteiger partial charge in [0.2, 0.25) is 5.82 Å². The van der Waals surface area contributed by atoms with Gasteiger partial charge in [0.05, 0.1) is 12.2 Å². The molecule has 5 heteroatoms. The maximum Gasteiger partial charge on any atom is 0.343 e. The first-order valence-corrected chi connectivity index (χ1v) is 12.9. The number of carbonyl (C=O) groups excluding carboxylic acids is 1. The summed E-state index contributed by atoms with van der Waals surface area (Å²) < 4.78 is 40.0. The molecule has 0 saturated heterocycles. The van der Waals surface area contributed by atoms with Crippen molar-refractivity contribution in [3.8, 4) is 11.5 Å². The number of carbonyl (C=O) groups is 1. The molecule has 0 bridgehead atoms. The second-order valence-corrected chi connectivity index (χ2v) is 9.53. The third kappa shape index (κ3) is 7.54. The molecule has 0 amide bonds. The summed E-state index contributed by atoms with van der Waals surface area (Å²) in [6, 6.07) is 9.31. The van der Waals surface area contributed by atoms with E-state index in [9.17, 15) is 13.6 Å². The second kappa shape index (κ2) is 13.5. The van der Waals surface area contributed by atoms with Crippen LogP contribution in [0, 0.1) is 23.5 Å². The Labute approximate surface area is 202 Å². The van der Waals surface area contributed by atoms with Gasteiger partial charge in [-0.05, 0) is 67.0 Å². The number of ether oxygens (including phenoxy) is 2. The monoisotopic (exact) mass is 472 g/mol. The van der Waals surface area contributed by atoms with Gasteiger partial charge in [-0.3, -0.25) is 0 Å². The van der Waals surface area contributed by atoms with Crippen molar-refractivity contribution < 1.29 is 23.0 Å². The van der Waals surface area contributed by atoms with E-state index in [2.05, 4.69) is 6.92 Å². The quantitative estimate of drug-likeness (QED) is 0.177. The first-order valence-electron chi connectivity index (χ1n) is 12.9. The summed E-state index contributed by atoms with van der Waals surface area (Å²) in [6.45, 7) is 4.82. The zero-order valence-corrected chi connectivity index (χ0v) is 20.6. The SMILES string of the molecule is CCCCCC1CCC(CCc2ccc(OC(=O)c3ccc(OCCC)cc3)c(F)c2F)CC1. The van der Waals surface area contributed by atoms with Crippen LogP contribution in [-0.2, 0) is 6.42 Å². The Kier molecular flexibility index (Phi) is 10.4. The molecule has 0 atom stereocenters. The Morgan fingerprint density at radius 3 is 2.18 bits per heavy atom. The van der Waals surface area contributed by atoms with Gasteiger partial charge in [-0.2, -0.15) is 4.39 Å². The van der Waals surface area contributed by atoms with Crippen molar-refractivity contribution in [3.05, 3.63) is 59.2 Å². The van der Waals surface area contributed by atoms with Crippen LogP contribution in [0.2, 0.25) is 0 Å². The van der Waals surface area contributed by atoms with Gasteiger partial charge in [-0.15, -0.1) is 0 Å². The summed E-state index contributed by atoms with van der Waals surface area (Å²) in [4.78, 5) is 12.4. The standard InChI is InChI=1S/C29H38F2O3/c1-3-5-6-7-21-8-10-22(11-9-21)12-13-23-16-19-26(28(31)27(23)30)34-29(32)24-14-17-25(18-15-24)33-20-4-2/h14-19,21-22H,3-13,20H2,1-2H3. The van der Waals surface area contributed by atoms with Crippen molar-refractivity contribution in [3.63, 3.8) is 0 Å². The van der Waals surface area contributed by atoms with Crippen LogP contribution in [0.4, 0.5) is 8.78 Å². The van der Waals surface area contributed by atoms with Gasteiger partial charge in [-0.25, -0.2) is 9.18 Å². The lowest BCUT2D eigenvalue weighted by molar-refractivity contribution is 0.0726. The van der Waals surface area contributed by atoms with Crippen LogP contribution in [-0.4, -0.2) is 12.6 Å². The molecular weight excluding hydrogens is 434 g/mol. The molecule has 34 heavy (non-hydrogen) atoms. The van der Waals surface area contributed by atoms with E-state index in [0.29, 0.717) is 30.3 Å². The number of rotatable bonds is 12. The van der Waals surface area contributed by atoms with Gasteiger partial charge in [0, 0.05) is 0 Å². The number of aryl methyl sites for hydroxylation is 1. The van der Waals surface area contributed by atoms with E-state index in [4.69, 9.17) is 9.47 Å². The van der Waals surface area contributed by atoms with Gasteiger partial charge >= 0.3 is 5.97 Å². The van der Waals surface area contributed by atoms with Crippen LogP contribution in [0.1, 0.15) is 94.0 Å². The summed E-state index contributed by atoms with van der Waals surface area (Å²) in [6.07, 6.45) is 12.3. The third-order valence-electron chi connectivity index (χ3n) is 6.90. The Morgan fingerprint density at radius 2 is 1.53 bits per heavy atom. The number of halogens is 2. The average Bonchev–Trinajstić information content (AvgIpc) is 2.86. The fourth-order valence-corrected chi connectivity index (χ4v) is 4.76. The predicted molar refractivity (Wildman–Crippen MR) is 131 cm³/mol. The Hall–Kier alpha value is -2.43. The number of unbranched alkanes of at least 4 members (excludes halogenated alkanes) is 2.